The molecule has 0 aromatic rings. The summed E-state index contributed by atoms with van der Waals surface area (Å²) in [5.41, 5.74) is 0. The van der Waals surface area contributed by atoms with E-state index in [2.05, 4.69) is 9.30 Å². The van der Waals surface area contributed by atoms with Crippen molar-refractivity contribution in [2.45, 2.75) is 0 Å². The van der Waals surface area contributed by atoms with Gasteiger partial charge in [-0.25, -0.2) is 0 Å². The van der Waals surface area contributed by atoms with Gasteiger partial charge in [-0.3, -0.25) is 0 Å². The van der Waals surface area contributed by atoms with E-state index in [9.17, 15) is 0 Å². The molecule has 0 aromatic heterocycles. The summed E-state index contributed by atoms with van der Waals surface area (Å²) in [4.78, 5) is 0. The van der Waals surface area contributed by atoms with Gasteiger partial charge in [-0.05, 0) is 11.0 Å². The van der Waals surface area contributed by atoms with E-state index >= 15 is 0 Å². The maximum Gasteiger partial charge on any atom is 0.155 e. The highest BCUT2D eigenvalue weighted by Crippen LogP contribution is 1.46. The summed E-state index contributed by atoms with van der Waals surface area (Å²) < 4.78 is 6.56. The van der Waals surface area contributed by atoms with Gasteiger partial charge < -0.3 is 9.30 Å². The second kappa shape index (κ2) is 2.79. The van der Waals surface area contributed by atoms with E-state index in [1.165, 1.54) is 0 Å². The van der Waals surface area contributed by atoms with Crippen LogP contribution in [0, 0.1) is 0 Å². The first-order chi connectivity index (χ1) is 2.00. The fourth-order valence-electron chi connectivity index (χ4n) is 0.125. The van der Waals surface area contributed by atoms with Gasteiger partial charge in [-0.1, -0.05) is 0 Å². The molecule has 1 rings (SSSR count). The van der Waals surface area contributed by atoms with Crippen molar-refractivity contribution in [3.8, 4) is 0 Å². The molecule has 32 valence electrons. The molecule has 1 aliphatic rings. The number of nitrogens with one attached hydrogen (secondary N) is 2. The zero-order chi connectivity index (χ0) is 2.83. The lowest BCUT2D eigenvalue weighted by Gasteiger charge is -2.11. The molecule has 0 atom stereocenters. The summed E-state index contributed by atoms with van der Waals surface area (Å²) in [6.45, 7) is 0. The Bertz CT molecular complexity index is 12.9. The summed E-state index contributed by atoms with van der Waals surface area (Å²) in [6.07, 6.45) is 0. The average molecular weight is 122 g/mol. The van der Waals surface area contributed by atoms with Gasteiger partial charge in [0.1, 0.15) is 0 Å². The normalized spacial score (nSPS) is 28.8. The highest BCUT2D eigenvalue weighted by molar-refractivity contribution is 6.65. The molecule has 1 fully saturated rings. The Balaban J connectivity index is 0.000000160. The van der Waals surface area contributed by atoms with Crippen LogP contribution < -0.4 is 9.30 Å². The maximum absolute atomic E-state index is 3.28. The van der Waals surface area contributed by atoms with Crippen molar-refractivity contribution < 1.29 is 0 Å². The first kappa shape index (κ1) is 5.57. The van der Waals surface area contributed by atoms with E-state index in [-0.39, 0.29) is 30.7 Å². The third-order valence-corrected chi connectivity index (χ3v) is 4.50. The quantitative estimate of drug-likeness (QED) is 0.318. The molecule has 0 unspecified atom stereocenters. The van der Waals surface area contributed by atoms with Crippen LogP contribution in [0.5, 0.6) is 0 Å². The minimum Gasteiger partial charge on any atom is -0.346 e. The molecule has 1 saturated heterocycles. The first-order valence-corrected chi connectivity index (χ1v) is 4.24. The van der Waals surface area contributed by atoms with Crippen LogP contribution in [-0.2, 0) is 0 Å². The molecule has 0 radical (unpaired) electrons. The van der Waals surface area contributed by atoms with Crippen molar-refractivity contribution in [2.24, 2.45) is 0 Å². The molecule has 1 heterocycles. The van der Waals surface area contributed by atoms with Gasteiger partial charge in [0.2, 0.25) is 0 Å². The van der Waals surface area contributed by atoms with Gasteiger partial charge in [0.05, 0.1) is 0 Å². The third-order valence-electron chi connectivity index (χ3n) is 0.500. The first-order valence-electron chi connectivity index (χ1n) is 1.41. The minimum absolute atomic E-state index is 0. The molecule has 0 spiro atoms. The third kappa shape index (κ3) is 1.45. The predicted octanol–water partition coefficient (Wildman–Crippen LogP) is -4.27. The Kier molecular flexibility index (Phi) is 3.11. The molecule has 2 N–H and O–H groups in total. The van der Waals surface area contributed by atoms with Crippen molar-refractivity contribution in [3.05, 3.63) is 0 Å². The van der Waals surface area contributed by atoms with Crippen molar-refractivity contribution in [1.82, 2.24) is 9.30 Å². The summed E-state index contributed by atoms with van der Waals surface area (Å²) in [5, 5.41) is 0. The van der Waals surface area contributed by atoms with Crippen molar-refractivity contribution in [2.75, 3.05) is 0 Å². The van der Waals surface area contributed by atoms with E-state index in [1.807, 2.05) is 0 Å². The van der Waals surface area contributed by atoms with Crippen molar-refractivity contribution >= 4 is 30.7 Å². The molecule has 0 aliphatic carbocycles. The summed E-state index contributed by atoms with van der Waals surface area (Å²) in [5.74, 6) is 0. The zero-order valence-electron chi connectivity index (χ0n) is 2.41. The Morgan fingerprint density at radius 2 is 1.20 bits per heavy atom. The van der Waals surface area contributed by atoms with Gasteiger partial charge in [0.15, 0.2) is 19.7 Å². The van der Waals surface area contributed by atoms with Crippen LogP contribution >= 0.6 is 0 Å². The molecule has 0 amide bonds. The van der Waals surface area contributed by atoms with Gasteiger partial charge in [-0.15, -0.1) is 0 Å². The maximum atomic E-state index is 3.28. The van der Waals surface area contributed by atoms with Crippen LogP contribution in [-0.4, -0.2) is 30.7 Å². The Hall–Kier alpha value is 0.571. The Labute approximate surface area is 40.7 Å². The van der Waals surface area contributed by atoms with Crippen molar-refractivity contribution in [1.29, 1.82) is 0 Å². The molecule has 0 aromatic carbocycles. The van der Waals surface area contributed by atoms with E-state index in [0.29, 0.717) is 0 Å². The fraction of sp³-hybridized carbons (Fsp3) is 0. The highest BCUT2D eigenvalue weighted by Gasteiger charge is 1.92. The second-order valence-corrected chi connectivity index (χ2v) is 5.56. The predicted molar refractivity (Wildman–Crippen MR) is 34.7 cm³/mol. The van der Waals surface area contributed by atoms with Crippen LogP contribution in [0.2, 0.25) is 0 Å². The van der Waals surface area contributed by atoms with Gasteiger partial charge in [-0.2, -0.15) is 0 Å². The van der Waals surface area contributed by atoms with Gasteiger partial charge in [0, 0.05) is 0 Å². The minimum atomic E-state index is 0. The van der Waals surface area contributed by atoms with E-state index in [0.717, 1.165) is 0 Å². The SMILES string of the molecule is N1[SiH2]N[SiH2]1.[SiH4]. The molecule has 0 bridgehead atoms. The van der Waals surface area contributed by atoms with Gasteiger partial charge >= 0.3 is 0 Å². The van der Waals surface area contributed by atoms with E-state index in [1.54, 1.807) is 0 Å². The summed E-state index contributed by atoms with van der Waals surface area (Å²) in [7, 11) is 0.333. The fourth-order valence-corrected chi connectivity index (χ4v) is 1.12. The molecular weight excluding hydrogens is 112 g/mol. The second-order valence-electron chi connectivity index (χ2n) is 0.854. The van der Waals surface area contributed by atoms with Crippen LogP contribution in [0.4, 0.5) is 0 Å². The lowest BCUT2D eigenvalue weighted by atomic mass is 13.7. The number of hydrogen-bond acceptors (Lipinski definition) is 2. The molecule has 5 heteroatoms. The summed E-state index contributed by atoms with van der Waals surface area (Å²) in [6, 6.07) is 0. The molecule has 2 nitrogen and oxygen atoms in total. The van der Waals surface area contributed by atoms with Crippen LogP contribution in [0.1, 0.15) is 0 Å². The average Bonchev–Trinajstić information content (AvgIpc) is 0.722. The van der Waals surface area contributed by atoms with Crippen LogP contribution in [0.15, 0.2) is 0 Å². The standard InChI is InChI=1S/H6N2Si2.H4Si/c1-3-2-4-1;/h1-2H,3-4H2;1H4. The van der Waals surface area contributed by atoms with E-state index in [4.69, 9.17) is 0 Å². The monoisotopic (exact) mass is 122 g/mol. The summed E-state index contributed by atoms with van der Waals surface area (Å²) >= 11 is 0. The molecule has 1 aliphatic heterocycles. The lowest BCUT2D eigenvalue weighted by molar-refractivity contribution is 1.28. The van der Waals surface area contributed by atoms with Crippen molar-refractivity contribution in [3.63, 3.8) is 0 Å². The zero-order valence-corrected chi connectivity index (χ0v) is 5.24. The highest BCUT2D eigenvalue weighted by atomic mass is 28.4. The molecule has 0 saturated carbocycles. The lowest BCUT2D eigenvalue weighted by Crippen LogP contribution is -2.55. The van der Waals surface area contributed by atoms with Crippen LogP contribution in [0.3, 0.4) is 0 Å². The van der Waals surface area contributed by atoms with Gasteiger partial charge in [0.25, 0.3) is 0 Å². The van der Waals surface area contributed by atoms with E-state index < -0.39 is 0 Å². The molecule has 5 heavy (non-hydrogen) atoms. The molecular formula is H10N2Si3. The largest absolute Gasteiger partial charge is 0.346 e. The smallest absolute Gasteiger partial charge is 0.155 e. The van der Waals surface area contributed by atoms with Crippen LogP contribution in [0.25, 0.3) is 0 Å². The Morgan fingerprint density at radius 1 is 1.00 bits per heavy atom. The number of hydrogen-bond donors (Lipinski definition) is 2. The topological polar surface area (TPSA) is 24.1 Å². The number of rotatable bonds is 0. The Morgan fingerprint density at radius 3 is 1.20 bits per heavy atom.